The van der Waals surface area contributed by atoms with Crippen molar-refractivity contribution in [2.45, 2.75) is 12.7 Å². The smallest absolute Gasteiger partial charge is 0.324 e. The maximum atomic E-state index is 12.6. The summed E-state index contributed by atoms with van der Waals surface area (Å²) in [6, 6.07) is 6.47. The molecule has 23 heavy (non-hydrogen) atoms. The van der Waals surface area contributed by atoms with E-state index in [4.69, 9.17) is 0 Å². The first kappa shape index (κ1) is 17.7. The van der Waals surface area contributed by atoms with Crippen molar-refractivity contribution in [1.82, 2.24) is 4.57 Å². The molecule has 4 nitrogen and oxygen atoms in total. The topological polar surface area (TPSA) is 51.1 Å². The highest BCUT2D eigenvalue weighted by Gasteiger charge is 2.31. The van der Waals surface area contributed by atoms with Gasteiger partial charge in [0.05, 0.1) is 11.3 Å². The van der Waals surface area contributed by atoms with Crippen molar-refractivity contribution in [1.29, 1.82) is 0 Å². The first-order valence-corrected chi connectivity index (χ1v) is 7.78. The van der Waals surface area contributed by atoms with Crippen LogP contribution in [0.2, 0.25) is 0 Å². The van der Waals surface area contributed by atoms with Crippen molar-refractivity contribution in [3.63, 3.8) is 0 Å². The molecule has 1 heterocycles. The lowest BCUT2D eigenvalue weighted by molar-refractivity contribution is -0.138. The zero-order chi connectivity index (χ0) is 17.2. The van der Waals surface area contributed by atoms with Gasteiger partial charge in [-0.1, -0.05) is 15.9 Å². The predicted molar refractivity (Wildman–Crippen MR) is 86.2 cm³/mol. The lowest BCUT2D eigenvalue weighted by Crippen LogP contribution is -2.28. The first-order valence-electron chi connectivity index (χ1n) is 6.19. The predicted octanol–water partition coefficient (Wildman–Crippen LogP) is 4.03. The van der Waals surface area contributed by atoms with Crippen molar-refractivity contribution in [2.75, 3.05) is 5.32 Å². The van der Waals surface area contributed by atoms with Crippen LogP contribution in [0.3, 0.4) is 0 Å². The number of alkyl halides is 3. The van der Waals surface area contributed by atoms with Crippen LogP contribution in [0.15, 0.2) is 50.3 Å². The van der Waals surface area contributed by atoms with Gasteiger partial charge in [-0.05, 0) is 40.2 Å². The summed E-state index contributed by atoms with van der Waals surface area (Å²) in [7, 11) is 0. The fourth-order valence-corrected chi connectivity index (χ4v) is 2.90. The van der Waals surface area contributed by atoms with Gasteiger partial charge >= 0.3 is 6.18 Å². The molecule has 2 rings (SSSR count). The van der Waals surface area contributed by atoms with Crippen LogP contribution in [0.5, 0.6) is 0 Å². The molecule has 2 aromatic rings. The second-order valence-electron chi connectivity index (χ2n) is 4.55. The SMILES string of the molecule is O=C(Cn1cc(C(F)(F)F)ccc1=O)Nc1ccc(Br)cc1Br. The summed E-state index contributed by atoms with van der Waals surface area (Å²) in [5, 5.41) is 2.52. The Hall–Kier alpha value is -1.61. The summed E-state index contributed by atoms with van der Waals surface area (Å²) in [5.41, 5.74) is -1.24. The van der Waals surface area contributed by atoms with Gasteiger partial charge in [-0.3, -0.25) is 9.59 Å². The molecule has 0 fully saturated rings. The number of amides is 1. The van der Waals surface area contributed by atoms with E-state index in [2.05, 4.69) is 37.2 Å². The molecule has 0 saturated heterocycles. The number of halogens is 5. The molecule has 0 bridgehead atoms. The van der Waals surface area contributed by atoms with Gasteiger partial charge in [0, 0.05) is 21.2 Å². The second-order valence-corrected chi connectivity index (χ2v) is 6.32. The Morgan fingerprint density at radius 3 is 2.48 bits per heavy atom. The number of carbonyl (C=O) groups is 1. The molecule has 0 atom stereocenters. The minimum Gasteiger partial charge on any atom is -0.324 e. The van der Waals surface area contributed by atoms with Crippen LogP contribution >= 0.6 is 31.9 Å². The van der Waals surface area contributed by atoms with Crippen LogP contribution in [-0.2, 0) is 17.5 Å². The molecule has 0 saturated carbocycles. The molecule has 122 valence electrons. The van der Waals surface area contributed by atoms with Gasteiger partial charge in [0.25, 0.3) is 5.56 Å². The molecule has 0 aliphatic carbocycles. The highest BCUT2D eigenvalue weighted by atomic mass is 79.9. The molecule has 1 N–H and O–H groups in total. The number of carbonyl (C=O) groups excluding carboxylic acids is 1. The third kappa shape index (κ3) is 4.68. The van der Waals surface area contributed by atoms with Crippen molar-refractivity contribution in [3.05, 3.63) is 61.4 Å². The van der Waals surface area contributed by atoms with Crippen LogP contribution in [-0.4, -0.2) is 10.5 Å². The van der Waals surface area contributed by atoms with Crippen molar-refractivity contribution < 1.29 is 18.0 Å². The summed E-state index contributed by atoms with van der Waals surface area (Å²) in [6.07, 6.45) is -3.96. The van der Waals surface area contributed by atoms with Gasteiger partial charge in [-0.15, -0.1) is 0 Å². The third-order valence-corrected chi connectivity index (χ3v) is 3.98. The number of rotatable bonds is 3. The maximum absolute atomic E-state index is 12.6. The van der Waals surface area contributed by atoms with E-state index in [9.17, 15) is 22.8 Å². The van der Waals surface area contributed by atoms with Crippen molar-refractivity contribution in [2.24, 2.45) is 0 Å². The number of benzene rings is 1. The number of hydrogen-bond donors (Lipinski definition) is 1. The van der Waals surface area contributed by atoms with Crippen LogP contribution < -0.4 is 10.9 Å². The Bertz CT molecular complexity index is 803. The van der Waals surface area contributed by atoms with E-state index >= 15 is 0 Å². The van der Waals surface area contributed by atoms with Gasteiger partial charge < -0.3 is 9.88 Å². The average molecular weight is 454 g/mol. The number of hydrogen-bond acceptors (Lipinski definition) is 2. The standard InChI is InChI=1S/C14H9Br2F3N2O2/c15-9-2-3-11(10(16)5-9)20-12(22)7-21-6-8(14(17,18)19)1-4-13(21)23/h1-6H,7H2,(H,20,22). The number of anilines is 1. The molecule has 9 heteroatoms. The highest BCUT2D eigenvalue weighted by molar-refractivity contribution is 9.11. The van der Waals surface area contributed by atoms with Crippen LogP contribution in [0.25, 0.3) is 0 Å². The Labute approximate surface area is 145 Å². The van der Waals surface area contributed by atoms with E-state index in [-0.39, 0.29) is 0 Å². The molecule has 1 aromatic carbocycles. The summed E-state index contributed by atoms with van der Waals surface area (Å²) in [6.45, 7) is -0.523. The van der Waals surface area contributed by atoms with Crippen molar-refractivity contribution >= 4 is 43.5 Å². The summed E-state index contributed by atoms with van der Waals surface area (Å²) >= 11 is 6.51. The Kier molecular flexibility index (Phi) is 5.30. The van der Waals surface area contributed by atoms with E-state index < -0.39 is 29.8 Å². The molecule has 0 unspecified atom stereocenters. The number of aromatic nitrogens is 1. The summed E-state index contributed by atoms with van der Waals surface area (Å²) in [5.74, 6) is -0.616. The molecule has 1 amide bonds. The number of nitrogens with zero attached hydrogens (tertiary/aromatic N) is 1. The van der Waals surface area contributed by atoms with Crippen LogP contribution in [0.1, 0.15) is 5.56 Å². The molecule has 0 spiro atoms. The quantitative estimate of drug-likeness (QED) is 0.762. The molecule has 0 radical (unpaired) electrons. The zero-order valence-corrected chi connectivity index (χ0v) is 14.5. The molecule has 0 aliphatic rings. The van der Waals surface area contributed by atoms with E-state index in [0.29, 0.717) is 27.0 Å². The third-order valence-electron chi connectivity index (χ3n) is 2.83. The van der Waals surface area contributed by atoms with Crippen molar-refractivity contribution in [3.8, 4) is 0 Å². The fourth-order valence-electron chi connectivity index (χ4n) is 1.76. The number of nitrogens with one attached hydrogen (secondary N) is 1. The minimum absolute atomic E-state index is 0.443. The van der Waals surface area contributed by atoms with E-state index in [0.717, 1.165) is 10.5 Å². The van der Waals surface area contributed by atoms with Gasteiger partial charge in [0.15, 0.2) is 0 Å². The van der Waals surface area contributed by atoms with Gasteiger partial charge in [0.2, 0.25) is 5.91 Å². The molecular weight excluding hydrogens is 445 g/mol. The van der Waals surface area contributed by atoms with Gasteiger partial charge in [-0.25, -0.2) is 0 Å². The largest absolute Gasteiger partial charge is 0.417 e. The lowest BCUT2D eigenvalue weighted by Gasteiger charge is -2.11. The lowest BCUT2D eigenvalue weighted by atomic mass is 10.2. The minimum atomic E-state index is -4.58. The molecule has 0 aliphatic heterocycles. The monoisotopic (exact) mass is 452 g/mol. The maximum Gasteiger partial charge on any atom is 0.417 e. The Morgan fingerprint density at radius 1 is 1.17 bits per heavy atom. The average Bonchev–Trinajstić information content (AvgIpc) is 2.43. The van der Waals surface area contributed by atoms with E-state index in [1.54, 1.807) is 18.2 Å². The van der Waals surface area contributed by atoms with Gasteiger partial charge in [0.1, 0.15) is 6.54 Å². The fraction of sp³-hybridized carbons (Fsp3) is 0.143. The first-order chi connectivity index (χ1) is 10.7. The van der Waals surface area contributed by atoms with Gasteiger partial charge in [-0.2, -0.15) is 13.2 Å². The van der Waals surface area contributed by atoms with E-state index in [1.165, 1.54) is 0 Å². The second kappa shape index (κ2) is 6.88. The zero-order valence-electron chi connectivity index (χ0n) is 11.3. The molecule has 1 aromatic heterocycles. The number of pyridine rings is 1. The van der Waals surface area contributed by atoms with E-state index in [1.807, 2.05) is 0 Å². The highest BCUT2D eigenvalue weighted by Crippen LogP contribution is 2.28. The van der Waals surface area contributed by atoms with Crippen LogP contribution in [0, 0.1) is 0 Å². The Morgan fingerprint density at radius 2 is 1.87 bits per heavy atom. The van der Waals surface area contributed by atoms with Crippen LogP contribution in [0.4, 0.5) is 18.9 Å². The summed E-state index contributed by atoms with van der Waals surface area (Å²) < 4.78 is 40.0. The Balaban J connectivity index is 2.18. The molecular formula is C14H9Br2F3N2O2. The summed E-state index contributed by atoms with van der Waals surface area (Å²) in [4.78, 5) is 23.5. The normalized spacial score (nSPS) is 11.3.